The van der Waals surface area contributed by atoms with Gasteiger partial charge in [-0.1, -0.05) is 6.92 Å². The van der Waals surface area contributed by atoms with Crippen LogP contribution in [0.1, 0.15) is 18.5 Å². The van der Waals surface area contributed by atoms with Crippen LogP contribution in [0.4, 0.5) is 8.78 Å². The van der Waals surface area contributed by atoms with E-state index < -0.39 is 27.5 Å². The normalized spacial score (nSPS) is 22.1. The first-order chi connectivity index (χ1) is 7.45. The summed E-state index contributed by atoms with van der Waals surface area (Å²) in [7, 11) is -3.63. The highest BCUT2D eigenvalue weighted by Crippen LogP contribution is 2.35. The molecule has 0 aliphatic carbocycles. The number of nitrogens with one attached hydrogen (secondary N) is 1. The number of sulfone groups is 1. The number of halogens is 2. The van der Waals surface area contributed by atoms with E-state index in [1.54, 1.807) is 6.92 Å². The summed E-state index contributed by atoms with van der Waals surface area (Å²) in [5, 5.41) is 2.90. The molecule has 1 unspecified atom stereocenters. The van der Waals surface area contributed by atoms with Crippen LogP contribution < -0.4 is 5.32 Å². The van der Waals surface area contributed by atoms with E-state index >= 15 is 0 Å². The van der Waals surface area contributed by atoms with Gasteiger partial charge >= 0.3 is 0 Å². The first-order valence-electron chi connectivity index (χ1n) is 4.91. The minimum Gasteiger partial charge on any atom is -0.309 e. The molecule has 1 heterocycles. The lowest BCUT2D eigenvalue weighted by atomic mass is 10.1. The van der Waals surface area contributed by atoms with Crippen molar-refractivity contribution in [1.82, 2.24) is 5.32 Å². The lowest BCUT2D eigenvalue weighted by Gasteiger charge is -2.10. The van der Waals surface area contributed by atoms with Crippen molar-refractivity contribution in [3.8, 4) is 0 Å². The van der Waals surface area contributed by atoms with Crippen molar-refractivity contribution in [1.29, 1.82) is 0 Å². The highest BCUT2D eigenvalue weighted by atomic mass is 32.2. The van der Waals surface area contributed by atoms with E-state index in [0.717, 1.165) is 6.07 Å². The van der Waals surface area contributed by atoms with E-state index in [2.05, 4.69) is 5.32 Å². The molecule has 0 fully saturated rings. The van der Waals surface area contributed by atoms with Crippen LogP contribution >= 0.6 is 0 Å². The van der Waals surface area contributed by atoms with Gasteiger partial charge in [0.1, 0.15) is 16.5 Å². The van der Waals surface area contributed by atoms with E-state index in [0.29, 0.717) is 12.6 Å². The monoisotopic (exact) mass is 247 g/mol. The van der Waals surface area contributed by atoms with Crippen LogP contribution in [0.3, 0.4) is 0 Å². The SMILES string of the molecule is CCNC1CS(=O)(=O)c2c(F)cc(F)cc21. The Labute approximate surface area is 92.4 Å². The maximum Gasteiger partial charge on any atom is 0.183 e. The van der Waals surface area contributed by atoms with Crippen molar-refractivity contribution in [3.63, 3.8) is 0 Å². The summed E-state index contributed by atoms with van der Waals surface area (Å²) in [6.45, 7) is 2.35. The number of benzene rings is 1. The van der Waals surface area contributed by atoms with Gasteiger partial charge in [0.15, 0.2) is 9.84 Å². The van der Waals surface area contributed by atoms with Gasteiger partial charge in [-0.3, -0.25) is 0 Å². The largest absolute Gasteiger partial charge is 0.309 e. The van der Waals surface area contributed by atoms with Crippen LogP contribution in [-0.4, -0.2) is 20.7 Å². The average Bonchev–Trinajstić information content (AvgIpc) is 2.38. The summed E-state index contributed by atoms with van der Waals surface area (Å²) < 4.78 is 49.8. The third kappa shape index (κ3) is 1.72. The molecule has 0 saturated carbocycles. The lowest BCUT2D eigenvalue weighted by Crippen LogP contribution is -2.22. The highest BCUT2D eigenvalue weighted by Gasteiger charge is 2.37. The summed E-state index contributed by atoms with van der Waals surface area (Å²) in [5.74, 6) is -1.97. The molecule has 1 aliphatic heterocycles. The molecule has 1 aromatic rings. The first-order valence-corrected chi connectivity index (χ1v) is 6.56. The fourth-order valence-corrected chi connectivity index (χ4v) is 3.79. The van der Waals surface area contributed by atoms with Crippen molar-refractivity contribution >= 4 is 9.84 Å². The summed E-state index contributed by atoms with van der Waals surface area (Å²) in [5.41, 5.74) is 0.194. The van der Waals surface area contributed by atoms with Crippen LogP contribution in [0.25, 0.3) is 0 Å². The number of hydrogen-bond donors (Lipinski definition) is 1. The molecule has 0 spiro atoms. The Morgan fingerprint density at radius 1 is 1.44 bits per heavy atom. The molecule has 1 atom stereocenters. The van der Waals surface area contributed by atoms with E-state index in [1.807, 2.05) is 0 Å². The van der Waals surface area contributed by atoms with Gasteiger partial charge in [0.05, 0.1) is 5.75 Å². The van der Waals surface area contributed by atoms with Gasteiger partial charge < -0.3 is 5.32 Å². The Kier molecular flexibility index (Phi) is 2.71. The van der Waals surface area contributed by atoms with Crippen molar-refractivity contribution in [2.24, 2.45) is 0 Å². The molecular weight excluding hydrogens is 236 g/mol. The van der Waals surface area contributed by atoms with E-state index in [1.165, 1.54) is 0 Å². The van der Waals surface area contributed by atoms with Crippen LogP contribution in [0.15, 0.2) is 17.0 Å². The van der Waals surface area contributed by atoms with E-state index in [9.17, 15) is 17.2 Å². The molecule has 88 valence electrons. The topological polar surface area (TPSA) is 46.2 Å². The van der Waals surface area contributed by atoms with Crippen molar-refractivity contribution < 1.29 is 17.2 Å². The Balaban J connectivity index is 2.63. The van der Waals surface area contributed by atoms with Crippen molar-refractivity contribution in [3.05, 3.63) is 29.3 Å². The number of fused-ring (bicyclic) bond motifs is 1. The molecule has 1 aliphatic rings. The van der Waals surface area contributed by atoms with E-state index in [-0.39, 0.29) is 16.2 Å². The van der Waals surface area contributed by atoms with Gasteiger partial charge in [-0.05, 0) is 18.2 Å². The summed E-state index contributed by atoms with van der Waals surface area (Å²) >= 11 is 0. The molecule has 0 radical (unpaired) electrons. The minimum atomic E-state index is -3.63. The molecular formula is C10H11F2NO2S. The third-order valence-corrected chi connectivity index (χ3v) is 4.39. The number of rotatable bonds is 2. The van der Waals surface area contributed by atoms with Gasteiger partial charge in [-0.2, -0.15) is 0 Å². The second kappa shape index (κ2) is 3.78. The highest BCUT2D eigenvalue weighted by molar-refractivity contribution is 7.91. The molecule has 1 N–H and O–H groups in total. The molecule has 3 nitrogen and oxygen atoms in total. The molecule has 2 rings (SSSR count). The van der Waals surface area contributed by atoms with Crippen molar-refractivity contribution in [2.45, 2.75) is 17.9 Å². The van der Waals surface area contributed by atoms with Crippen LogP contribution in [0, 0.1) is 11.6 Å². The smallest absolute Gasteiger partial charge is 0.183 e. The van der Waals surface area contributed by atoms with E-state index in [4.69, 9.17) is 0 Å². The Hall–Kier alpha value is -1.01. The summed E-state index contributed by atoms with van der Waals surface area (Å²) in [6, 6.07) is 1.16. The van der Waals surface area contributed by atoms with Gasteiger partial charge in [-0.25, -0.2) is 17.2 Å². The Morgan fingerprint density at radius 3 is 2.75 bits per heavy atom. The maximum atomic E-state index is 13.4. The summed E-state index contributed by atoms with van der Waals surface area (Å²) in [6.07, 6.45) is 0. The zero-order chi connectivity index (χ0) is 11.9. The second-order valence-electron chi connectivity index (χ2n) is 3.70. The molecule has 1 aromatic carbocycles. The van der Waals surface area contributed by atoms with Crippen LogP contribution in [-0.2, 0) is 9.84 Å². The van der Waals surface area contributed by atoms with Gasteiger partial charge in [0.2, 0.25) is 0 Å². The standard InChI is InChI=1S/C10H11F2NO2S/c1-2-13-9-5-16(14,15)10-7(9)3-6(11)4-8(10)12/h3-4,9,13H,2,5H2,1H3. The average molecular weight is 247 g/mol. The molecule has 0 bridgehead atoms. The Morgan fingerprint density at radius 2 is 2.12 bits per heavy atom. The first kappa shape index (κ1) is 11.5. The van der Waals surface area contributed by atoms with Gasteiger partial charge in [0.25, 0.3) is 0 Å². The fourth-order valence-electron chi connectivity index (χ4n) is 1.98. The van der Waals surface area contributed by atoms with Crippen molar-refractivity contribution in [2.75, 3.05) is 12.3 Å². The second-order valence-corrected chi connectivity index (χ2v) is 5.67. The number of hydrogen-bond acceptors (Lipinski definition) is 3. The molecule has 0 saturated heterocycles. The Bertz CT molecular complexity index is 528. The molecule has 6 heteroatoms. The fraction of sp³-hybridized carbons (Fsp3) is 0.400. The zero-order valence-electron chi connectivity index (χ0n) is 8.63. The minimum absolute atomic E-state index is 0.194. The van der Waals surface area contributed by atoms with Crippen LogP contribution in [0.5, 0.6) is 0 Å². The molecule has 0 amide bonds. The van der Waals surface area contributed by atoms with Gasteiger partial charge in [0, 0.05) is 12.1 Å². The third-order valence-electron chi connectivity index (χ3n) is 2.56. The lowest BCUT2D eigenvalue weighted by molar-refractivity contribution is 0.542. The summed E-state index contributed by atoms with van der Waals surface area (Å²) in [4.78, 5) is -0.361. The predicted molar refractivity (Wildman–Crippen MR) is 54.8 cm³/mol. The quantitative estimate of drug-likeness (QED) is 0.804. The zero-order valence-corrected chi connectivity index (χ0v) is 9.44. The van der Waals surface area contributed by atoms with Crippen LogP contribution in [0.2, 0.25) is 0 Å². The predicted octanol–water partition coefficient (Wildman–Crippen LogP) is 1.40. The molecule has 0 aromatic heterocycles. The molecule has 16 heavy (non-hydrogen) atoms. The van der Waals surface area contributed by atoms with Gasteiger partial charge in [-0.15, -0.1) is 0 Å². The maximum absolute atomic E-state index is 13.4.